The van der Waals surface area contributed by atoms with Crippen molar-refractivity contribution in [2.75, 3.05) is 19.0 Å². The fourth-order valence-electron chi connectivity index (χ4n) is 7.11. The molecule has 0 aromatic heterocycles. The summed E-state index contributed by atoms with van der Waals surface area (Å²) in [5, 5.41) is 30.8. The normalized spacial score (nSPS) is 20.4. The third kappa shape index (κ3) is 31.6. The molecule has 1 aliphatic rings. The van der Waals surface area contributed by atoms with E-state index < -0.39 is 71.2 Å². The zero-order valence-electron chi connectivity index (χ0n) is 36.9. The standard InChI is InChI=1S/C46H84O12S/c1-3-5-7-9-11-13-14-15-16-17-18-19-20-21-22-23-24-25-26-27-29-30-32-34-41(47)55-36-39(57-42(48)35-33-31-28-12-10-8-6-4-2)37-56-46-45(51)44(50)43(49)40(58-46)38-59(52,53)54/h23-24,27,29,39-40,43-46,49-51H,3-22,25-26,28,30-38H2,1-2H3,(H,52,53,54)/b24-23+,29-27+/t39-,40-,43-,44?,45?,46+/m1/s1. The summed E-state index contributed by atoms with van der Waals surface area (Å²) in [6, 6.07) is 0. The molecule has 0 bridgehead atoms. The molecule has 6 atom stereocenters. The molecule has 1 aliphatic heterocycles. The molecule has 12 nitrogen and oxygen atoms in total. The van der Waals surface area contributed by atoms with Crippen molar-refractivity contribution < 1.29 is 56.8 Å². The average molecular weight is 861 g/mol. The van der Waals surface area contributed by atoms with Crippen LogP contribution in [0.4, 0.5) is 0 Å². The number of hydrogen-bond acceptors (Lipinski definition) is 11. The van der Waals surface area contributed by atoms with E-state index in [0.29, 0.717) is 19.3 Å². The molecular weight excluding hydrogens is 777 g/mol. The lowest BCUT2D eigenvalue weighted by atomic mass is 10.00. The molecule has 13 heteroatoms. The van der Waals surface area contributed by atoms with Gasteiger partial charge in [-0.2, -0.15) is 8.42 Å². The summed E-state index contributed by atoms with van der Waals surface area (Å²) < 4.78 is 53.9. The van der Waals surface area contributed by atoms with Crippen LogP contribution in [0.3, 0.4) is 0 Å². The van der Waals surface area contributed by atoms with Crippen molar-refractivity contribution in [1.29, 1.82) is 0 Å². The Balaban J connectivity index is 2.34. The number of allylic oxidation sites excluding steroid dienone is 4. The van der Waals surface area contributed by atoms with Gasteiger partial charge in [0.1, 0.15) is 36.8 Å². The van der Waals surface area contributed by atoms with Crippen LogP contribution in [0.2, 0.25) is 0 Å². The summed E-state index contributed by atoms with van der Waals surface area (Å²) >= 11 is 0. The number of aliphatic hydroxyl groups excluding tert-OH is 3. The molecule has 0 radical (unpaired) electrons. The maximum atomic E-state index is 12.7. The quantitative estimate of drug-likeness (QED) is 0.0199. The highest BCUT2D eigenvalue weighted by atomic mass is 32.2. The first-order chi connectivity index (χ1) is 28.5. The predicted octanol–water partition coefficient (Wildman–Crippen LogP) is 9.62. The average Bonchev–Trinajstić information content (AvgIpc) is 3.20. The Bertz CT molecular complexity index is 1190. The third-order valence-corrected chi connectivity index (χ3v) is 11.5. The van der Waals surface area contributed by atoms with Gasteiger partial charge in [0.2, 0.25) is 0 Å². The summed E-state index contributed by atoms with van der Waals surface area (Å²) in [5.74, 6) is -2.03. The summed E-state index contributed by atoms with van der Waals surface area (Å²) in [7, 11) is -4.60. The van der Waals surface area contributed by atoms with Gasteiger partial charge in [-0.1, -0.05) is 167 Å². The van der Waals surface area contributed by atoms with Gasteiger partial charge in [0.15, 0.2) is 12.4 Å². The van der Waals surface area contributed by atoms with Crippen LogP contribution in [0.25, 0.3) is 0 Å². The SMILES string of the molecule is CCCCCCCCCCCCCCCC/C=C/CC/C=C/CCCC(=O)OC[C@H](CO[C@H]1O[C@H](CS(=O)(=O)O)[C@@H](O)C(O)C1O)OC(=O)CCCCCCCCCC. The van der Waals surface area contributed by atoms with Gasteiger partial charge in [0, 0.05) is 12.8 Å². The van der Waals surface area contributed by atoms with Crippen LogP contribution in [-0.2, 0) is 38.7 Å². The number of unbranched alkanes of at least 4 members (excludes halogenated alkanes) is 23. The minimum atomic E-state index is -4.60. The molecule has 0 saturated carbocycles. The highest BCUT2D eigenvalue weighted by Gasteiger charge is 2.46. The van der Waals surface area contributed by atoms with Crippen molar-refractivity contribution in [3.63, 3.8) is 0 Å². The smallest absolute Gasteiger partial charge is 0.306 e. The van der Waals surface area contributed by atoms with E-state index in [-0.39, 0.29) is 19.4 Å². The van der Waals surface area contributed by atoms with Crippen LogP contribution >= 0.6 is 0 Å². The van der Waals surface area contributed by atoms with Gasteiger partial charge in [0.05, 0.1) is 6.61 Å². The Hall–Kier alpha value is -1.87. The number of carbonyl (C=O) groups is 2. The summed E-state index contributed by atoms with van der Waals surface area (Å²) in [4.78, 5) is 25.3. The number of hydrogen-bond donors (Lipinski definition) is 4. The fraction of sp³-hybridized carbons (Fsp3) is 0.870. The van der Waals surface area contributed by atoms with E-state index in [1.807, 2.05) is 0 Å². The van der Waals surface area contributed by atoms with E-state index in [1.54, 1.807) is 0 Å². The predicted molar refractivity (Wildman–Crippen MR) is 233 cm³/mol. The van der Waals surface area contributed by atoms with E-state index in [0.717, 1.165) is 38.5 Å². The van der Waals surface area contributed by atoms with Crippen molar-refractivity contribution >= 4 is 22.1 Å². The van der Waals surface area contributed by atoms with E-state index in [1.165, 1.54) is 116 Å². The fourth-order valence-corrected chi connectivity index (χ4v) is 7.80. The Kier molecular flexibility index (Phi) is 34.4. The molecule has 0 aromatic carbocycles. The second-order valence-electron chi connectivity index (χ2n) is 16.4. The van der Waals surface area contributed by atoms with E-state index in [9.17, 15) is 37.9 Å². The molecule has 1 saturated heterocycles. The Morgan fingerprint density at radius 3 is 1.51 bits per heavy atom. The number of ether oxygens (including phenoxy) is 4. The second-order valence-corrected chi connectivity index (χ2v) is 17.9. The van der Waals surface area contributed by atoms with Crippen LogP contribution < -0.4 is 0 Å². The first-order valence-corrected chi connectivity index (χ1v) is 25.0. The molecule has 1 heterocycles. The topological polar surface area (TPSA) is 186 Å². The van der Waals surface area contributed by atoms with Crippen LogP contribution in [0.5, 0.6) is 0 Å². The highest BCUT2D eigenvalue weighted by Crippen LogP contribution is 2.24. The molecule has 346 valence electrons. The first-order valence-electron chi connectivity index (χ1n) is 23.4. The van der Waals surface area contributed by atoms with Gasteiger partial charge in [-0.25, -0.2) is 0 Å². The summed E-state index contributed by atoms with van der Waals surface area (Å²) in [6.07, 6.45) is 31.3. The molecule has 1 fully saturated rings. The monoisotopic (exact) mass is 861 g/mol. The molecule has 0 aliphatic carbocycles. The molecule has 2 unspecified atom stereocenters. The van der Waals surface area contributed by atoms with Gasteiger partial charge < -0.3 is 34.3 Å². The zero-order valence-corrected chi connectivity index (χ0v) is 37.7. The molecule has 4 N–H and O–H groups in total. The van der Waals surface area contributed by atoms with Crippen LogP contribution in [0, 0.1) is 0 Å². The molecular formula is C46H84O12S. The third-order valence-electron chi connectivity index (χ3n) is 10.8. The van der Waals surface area contributed by atoms with Crippen molar-refractivity contribution in [1.82, 2.24) is 0 Å². The minimum absolute atomic E-state index is 0.158. The molecule has 1 rings (SSSR count). The number of carbonyl (C=O) groups excluding carboxylic acids is 2. The molecule has 0 spiro atoms. The lowest BCUT2D eigenvalue weighted by molar-refractivity contribution is -0.297. The van der Waals surface area contributed by atoms with Crippen LogP contribution in [0.1, 0.15) is 200 Å². The van der Waals surface area contributed by atoms with E-state index in [4.69, 9.17) is 18.9 Å². The first kappa shape index (κ1) is 55.1. The molecule has 0 aromatic rings. The Labute approximate surface area is 358 Å². The Morgan fingerprint density at radius 2 is 1.00 bits per heavy atom. The molecule has 59 heavy (non-hydrogen) atoms. The highest BCUT2D eigenvalue weighted by molar-refractivity contribution is 7.85. The maximum absolute atomic E-state index is 12.7. The van der Waals surface area contributed by atoms with Crippen molar-refractivity contribution in [2.45, 2.75) is 237 Å². The number of rotatable bonds is 39. The summed E-state index contributed by atoms with van der Waals surface area (Å²) in [5.41, 5.74) is 0. The lowest BCUT2D eigenvalue weighted by Crippen LogP contribution is -2.60. The number of esters is 2. The van der Waals surface area contributed by atoms with Gasteiger partial charge in [-0.3, -0.25) is 14.1 Å². The van der Waals surface area contributed by atoms with E-state index >= 15 is 0 Å². The zero-order chi connectivity index (χ0) is 43.4. The van der Waals surface area contributed by atoms with Crippen molar-refractivity contribution in [3.05, 3.63) is 24.3 Å². The summed E-state index contributed by atoms with van der Waals surface area (Å²) in [6.45, 7) is 3.69. The minimum Gasteiger partial charge on any atom is -0.462 e. The lowest BCUT2D eigenvalue weighted by Gasteiger charge is -2.40. The van der Waals surface area contributed by atoms with Crippen molar-refractivity contribution in [3.8, 4) is 0 Å². The molecule has 0 amide bonds. The largest absolute Gasteiger partial charge is 0.462 e. The number of aliphatic hydroxyl groups is 3. The maximum Gasteiger partial charge on any atom is 0.306 e. The van der Waals surface area contributed by atoms with Gasteiger partial charge in [0.25, 0.3) is 10.1 Å². The van der Waals surface area contributed by atoms with Gasteiger partial charge in [-0.05, 0) is 44.9 Å². The Morgan fingerprint density at radius 1 is 0.559 bits per heavy atom. The van der Waals surface area contributed by atoms with Gasteiger partial charge in [-0.15, -0.1) is 0 Å². The van der Waals surface area contributed by atoms with E-state index in [2.05, 4.69) is 38.2 Å². The second kappa shape index (κ2) is 36.8. The van der Waals surface area contributed by atoms with Gasteiger partial charge >= 0.3 is 11.9 Å². The van der Waals surface area contributed by atoms with Crippen LogP contribution in [-0.4, -0.2) is 96.0 Å². The van der Waals surface area contributed by atoms with Crippen molar-refractivity contribution in [2.24, 2.45) is 0 Å². The van der Waals surface area contributed by atoms with Crippen LogP contribution in [0.15, 0.2) is 24.3 Å².